The number of carbonyl (C=O) groups excluding carboxylic acids is 1. The molecule has 1 amide bonds. The van der Waals surface area contributed by atoms with Gasteiger partial charge in [0, 0.05) is 36.5 Å². The first-order valence-electron chi connectivity index (χ1n) is 13.1. The summed E-state index contributed by atoms with van der Waals surface area (Å²) in [5, 5.41) is 8.59. The Kier molecular flexibility index (Phi) is 7.46. The van der Waals surface area contributed by atoms with Gasteiger partial charge in [-0.05, 0) is 57.1 Å². The van der Waals surface area contributed by atoms with Gasteiger partial charge in [-0.2, -0.15) is 9.78 Å². The van der Waals surface area contributed by atoms with Gasteiger partial charge in [-0.15, -0.1) is 0 Å². The summed E-state index contributed by atoms with van der Waals surface area (Å²) < 4.78 is 7.83. The molecule has 37 heavy (non-hydrogen) atoms. The molecule has 4 aromatic rings. The molecule has 0 radical (unpaired) electrons. The summed E-state index contributed by atoms with van der Waals surface area (Å²) in [5.74, 6) is 1.73. The van der Waals surface area contributed by atoms with E-state index in [4.69, 9.17) is 14.8 Å². The lowest BCUT2D eigenvalue weighted by Crippen LogP contribution is -2.28. The Morgan fingerprint density at radius 1 is 1.14 bits per heavy atom. The minimum absolute atomic E-state index is 0.143. The number of hydrogen-bond acceptors (Lipinski definition) is 6. The molecule has 8 heteroatoms. The fraction of sp³-hybridized carbons (Fsp3) is 0.379. The topological polar surface area (TPSA) is 85.2 Å². The minimum atomic E-state index is -0.143. The Bertz CT molecular complexity index is 1380. The molecule has 0 unspecified atom stereocenters. The first-order valence-corrected chi connectivity index (χ1v) is 13.1. The van der Waals surface area contributed by atoms with Crippen LogP contribution in [0.25, 0.3) is 16.9 Å². The number of aromatic nitrogens is 4. The van der Waals surface area contributed by atoms with E-state index in [-0.39, 0.29) is 5.91 Å². The molecule has 0 spiro atoms. The average molecular weight is 499 g/mol. The molecule has 1 aliphatic rings. The molecule has 192 valence electrons. The highest BCUT2D eigenvalue weighted by atomic mass is 16.5. The van der Waals surface area contributed by atoms with Crippen molar-refractivity contribution in [2.24, 2.45) is 0 Å². The van der Waals surface area contributed by atoms with Crippen LogP contribution in [0, 0.1) is 6.92 Å². The lowest BCUT2D eigenvalue weighted by atomic mass is 10.1. The van der Waals surface area contributed by atoms with Crippen LogP contribution >= 0.6 is 0 Å². The van der Waals surface area contributed by atoms with E-state index in [1.165, 1.54) is 0 Å². The Morgan fingerprint density at radius 3 is 2.65 bits per heavy atom. The SMILES string of the molecule is CCN(CC)CCOc1ccccc1CNC(=O)c1cc(C2CC2)nc2c1c(C)nn2-c1ccccn1. The van der Waals surface area contributed by atoms with Crippen molar-refractivity contribution in [3.8, 4) is 11.6 Å². The van der Waals surface area contributed by atoms with E-state index in [9.17, 15) is 4.79 Å². The maximum Gasteiger partial charge on any atom is 0.252 e. The number of fused-ring (bicyclic) bond motifs is 1. The summed E-state index contributed by atoms with van der Waals surface area (Å²) in [4.78, 5) is 25.3. The molecule has 0 atom stereocenters. The Hall–Kier alpha value is -3.78. The Labute approximate surface area is 217 Å². The summed E-state index contributed by atoms with van der Waals surface area (Å²) in [5.41, 5.74) is 3.91. The van der Waals surface area contributed by atoms with Gasteiger partial charge in [0.2, 0.25) is 0 Å². The number of likely N-dealkylation sites (N-methyl/N-ethyl adjacent to an activating group) is 1. The molecule has 1 aliphatic carbocycles. The molecule has 1 fully saturated rings. The lowest BCUT2D eigenvalue weighted by Gasteiger charge is -2.19. The van der Waals surface area contributed by atoms with Crippen LogP contribution in [0.15, 0.2) is 54.7 Å². The largest absolute Gasteiger partial charge is 0.492 e. The second-order valence-electron chi connectivity index (χ2n) is 9.42. The van der Waals surface area contributed by atoms with Gasteiger partial charge in [-0.3, -0.25) is 4.79 Å². The van der Waals surface area contributed by atoms with Crippen LogP contribution in [0.5, 0.6) is 5.75 Å². The third kappa shape index (κ3) is 5.49. The normalized spacial score (nSPS) is 13.3. The minimum Gasteiger partial charge on any atom is -0.492 e. The van der Waals surface area contributed by atoms with Gasteiger partial charge in [0.1, 0.15) is 12.4 Å². The van der Waals surface area contributed by atoms with Crippen molar-refractivity contribution < 1.29 is 9.53 Å². The molecule has 0 bridgehead atoms. The van der Waals surface area contributed by atoms with Crippen LogP contribution in [0.1, 0.15) is 59.9 Å². The van der Waals surface area contributed by atoms with Crippen LogP contribution in [-0.4, -0.2) is 56.8 Å². The molecule has 1 N–H and O–H groups in total. The number of ether oxygens (including phenoxy) is 1. The van der Waals surface area contributed by atoms with E-state index >= 15 is 0 Å². The first-order chi connectivity index (χ1) is 18.1. The summed E-state index contributed by atoms with van der Waals surface area (Å²) >= 11 is 0. The number of rotatable bonds is 11. The van der Waals surface area contributed by atoms with Crippen LogP contribution < -0.4 is 10.1 Å². The van der Waals surface area contributed by atoms with Crippen LogP contribution in [-0.2, 0) is 6.54 Å². The number of amides is 1. The molecule has 5 rings (SSSR count). The van der Waals surface area contributed by atoms with Gasteiger partial charge in [-0.25, -0.2) is 9.97 Å². The molecule has 1 saturated carbocycles. The molecule has 0 aliphatic heterocycles. The molecule has 3 heterocycles. The molecule has 0 saturated heterocycles. The highest BCUT2D eigenvalue weighted by molar-refractivity contribution is 6.06. The van der Waals surface area contributed by atoms with E-state index < -0.39 is 0 Å². The quantitative estimate of drug-likeness (QED) is 0.324. The van der Waals surface area contributed by atoms with Crippen molar-refractivity contribution in [1.29, 1.82) is 0 Å². The van der Waals surface area contributed by atoms with E-state index in [0.717, 1.165) is 60.6 Å². The van der Waals surface area contributed by atoms with Crippen molar-refractivity contribution in [2.45, 2.75) is 46.1 Å². The zero-order chi connectivity index (χ0) is 25.8. The van der Waals surface area contributed by atoms with E-state index in [0.29, 0.717) is 36.1 Å². The summed E-state index contributed by atoms with van der Waals surface area (Å²) in [6, 6.07) is 15.5. The fourth-order valence-electron chi connectivity index (χ4n) is 4.60. The number of aryl methyl sites for hydroxylation is 1. The van der Waals surface area contributed by atoms with Gasteiger partial charge in [0.15, 0.2) is 11.5 Å². The monoisotopic (exact) mass is 498 g/mol. The molecule has 3 aromatic heterocycles. The van der Waals surface area contributed by atoms with Crippen molar-refractivity contribution in [3.63, 3.8) is 0 Å². The Morgan fingerprint density at radius 2 is 1.92 bits per heavy atom. The third-order valence-corrected chi connectivity index (χ3v) is 6.91. The third-order valence-electron chi connectivity index (χ3n) is 6.91. The van der Waals surface area contributed by atoms with Gasteiger partial charge in [0.25, 0.3) is 5.91 Å². The number of benzene rings is 1. The van der Waals surface area contributed by atoms with Crippen molar-refractivity contribution in [3.05, 3.63) is 77.2 Å². The summed E-state index contributed by atoms with van der Waals surface area (Å²) in [6.07, 6.45) is 3.92. The standard InChI is InChI=1S/C29H34N6O2/c1-4-34(5-2)16-17-37-25-11-7-6-10-22(25)19-31-29(36)23-18-24(21-13-14-21)32-28-27(23)20(3)33-35(28)26-12-8-9-15-30-26/h6-12,15,18,21H,4-5,13-14,16-17,19H2,1-3H3,(H,31,36). The molecular formula is C29H34N6O2. The number of nitrogens with zero attached hydrogens (tertiary/aromatic N) is 5. The van der Waals surface area contributed by atoms with Crippen LogP contribution in [0.3, 0.4) is 0 Å². The van der Waals surface area contributed by atoms with Gasteiger partial charge in [0.05, 0.1) is 16.6 Å². The number of pyridine rings is 2. The molecular weight excluding hydrogens is 464 g/mol. The second kappa shape index (κ2) is 11.1. The van der Waals surface area contributed by atoms with Gasteiger partial charge >= 0.3 is 0 Å². The number of carbonyl (C=O) groups is 1. The van der Waals surface area contributed by atoms with Gasteiger partial charge in [-0.1, -0.05) is 38.1 Å². The lowest BCUT2D eigenvalue weighted by molar-refractivity contribution is 0.0952. The van der Waals surface area contributed by atoms with Gasteiger partial charge < -0.3 is 15.0 Å². The van der Waals surface area contributed by atoms with E-state index in [2.05, 4.69) is 29.0 Å². The van der Waals surface area contributed by atoms with Crippen molar-refractivity contribution in [2.75, 3.05) is 26.2 Å². The molecule has 8 nitrogen and oxygen atoms in total. The number of hydrogen-bond donors (Lipinski definition) is 1. The Balaban J connectivity index is 1.39. The predicted octanol–water partition coefficient (Wildman–Crippen LogP) is 4.65. The average Bonchev–Trinajstić information content (AvgIpc) is 3.73. The molecule has 1 aromatic carbocycles. The van der Waals surface area contributed by atoms with E-state index in [1.807, 2.05) is 55.5 Å². The van der Waals surface area contributed by atoms with Crippen molar-refractivity contribution >= 4 is 16.9 Å². The first kappa shape index (κ1) is 24.9. The van der Waals surface area contributed by atoms with Crippen LogP contribution in [0.4, 0.5) is 0 Å². The maximum atomic E-state index is 13.6. The summed E-state index contributed by atoms with van der Waals surface area (Å²) in [7, 11) is 0. The number of nitrogens with one attached hydrogen (secondary N) is 1. The zero-order valence-corrected chi connectivity index (χ0v) is 21.8. The maximum absolute atomic E-state index is 13.6. The zero-order valence-electron chi connectivity index (χ0n) is 21.8. The van der Waals surface area contributed by atoms with Crippen molar-refractivity contribution in [1.82, 2.24) is 30.0 Å². The van der Waals surface area contributed by atoms with E-state index in [1.54, 1.807) is 10.9 Å². The highest BCUT2D eigenvalue weighted by Crippen LogP contribution is 2.40. The smallest absolute Gasteiger partial charge is 0.252 e. The second-order valence-corrected chi connectivity index (χ2v) is 9.42. The predicted molar refractivity (Wildman–Crippen MR) is 144 cm³/mol. The fourth-order valence-corrected chi connectivity index (χ4v) is 4.60. The highest BCUT2D eigenvalue weighted by Gasteiger charge is 2.29. The number of para-hydroxylation sites is 1. The summed E-state index contributed by atoms with van der Waals surface area (Å²) in [6.45, 7) is 10.1. The van der Waals surface area contributed by atoms with Crippen LogP contribution in [0.2, 0.25) is 0 Å².